The summed E-state index contributed by atoms with van der Waals surface area (Å²) < 4.78 is 5.08. The standard InChI is InChI=1S/C18H17N3O3/c1-3-24-18(23)15(16(22)12-8-10-21(2)11-9-12)17-19-13-6-4-5-7-14(13)20-17/h4-11,22H,3H2,1-2H3. The number of rotatable bonds is 3. The van der Waals surface area contributed by atoms with Gasteiger partial charge in [-0.3, -0.25) is 0 Å². The lowest BCUT2D eigenvalue weighted by molar-refractivity contribution is -0.138. The molecule has 0 radical (unpaired) electrons. The fourth-order valence-corrected chi connectivity index (χ4v) is 2.32. The molecular formula is C18H17N3O3. The summed E-state index contributed by atoms with van der Waals surface area (Å²) in [7, 11) is 1.86. The Morgan fingerprint density at radius 2 is 1.75 bits per heavy atom. The maximum atomic E-state index is 12.4. The molecule has 2 aliphatic heterocycles. The summed E-state index contributed by atoms with van der Waals surface area (Å²) in [5.41, 5.74) is 0.451. The molecule has 1 aromatic rings. The molecule has 6 heteroatoms. The molecule has 2 aliphatic rings. The Labute approximate surface area is 139 Å². The largest absolute Gasteiger partial charge is 0.506 e. The van der Waals surface area contributed by atoms with Crippen molar-refractivity contribution in [1.82, 2.24) is 4.90 Å². The molecule has 1 N–H and O–H groups in total. The van der Waals surface area contributed by atoms with Crippen LogP contribution >= 0.6 is 0 Å². The third-order valence-corrected chi connectivity index (χ3v) is 3.53. The van der Waals surface area contributed by atoms with Crippen LogP contribution in [0, 0.1) is 0 Å². The highest BCUT2D eigenvalue weighted by Crippen LogP contribution is 2.23. The Morgan fingerprint density at radius 1 is 1.17 bits per heavy atom. The smallest absolute Gasteiger partial charge is 0.345 e. The summed E-state index contributed by atoms with van der Waals surface area (Å²) in [5, 5.41) is 11.9. The summed E-state index contributed by atoms with van der Waals surface area (Å²) in [6.45, 7) is 1.90. The number of fused-ring (bicyclic) bond motifs is 1. The number of allylic oxidation sites excluding steroid dienone is 3. The van der Waals surface area contributed by atoms with E-state index in [1.54, 1.807) is 43.6 Å². The van der Waals surface area contributed by atoms with Crippen LogP contribution in [-0.4, -0.2) is 29.6 Å². The topological polar surface area (TPSA) is 74.5 Å². The Bertz CT molecular complexity index is 870. The molecule has 0 amide bonds. The molecular weight excluding hydrogens is 306 g/mol. The fraction of sp³-hybridized carbons (Fsp3) is 0.167. The first-order valence-electron chi connectivity index (χ1n) is 7.56. The third kappa shape index (κ3) is 2.99. The van der Waals surface area contributed by atoms with E-state index in [0.717, 1.165) is 0 Å². The molecule has 0 fully saturated rings. The third-order valence-electron chi connectivity index (χ3n) is 3.53. The van der Waals surface area contributed by atoms with Gasteiger partial charge in [0.25, 0.3) is 0 Å². The van der Waals surface area contributed by atoms with Gasteiger partial charge in [0, 0.05) is 25.0 Å². The number of benzene rings is 1. The molecule has 2 heterocycles. The van der Waals surface area contributed by atoms with E-state index in [-0.39, 0.29) is 23.8 Å². The number of hydrogen-bond donors (Lipinski definition) is 1. The van der Waals surface area contributed by atoms with Crippen molar-refractivity contribution in [2.75, 3.05) is 13.7 Å². The number of hydrogen-bond acceptors (Lipinski definition) is 6. The Kier molecular flexibility index (Phi) is 4.29. The van der Waals surface area contributed by atoms with Crippen molar-refractivity contribution in [1.29, 1.82) is 0 Å². The van der Waals surface area contributed by atoms with E-state index in [2.05, 4.69) is 9.98 Å². The average Bonchev–Trinajstić information content (AvgIpc) is 2.99. The van der Waals surface area contributed by atoms with E-state index in [0.29, 0.717) is 16.3 Å². The van der Waals surface area contributed by atoms with Gasteiger partial charge >= 0.3 is 5.97 Å². The van der Waals surface area contributed by atoms with Crippen LogP contribution in [0.15, 0.2) is 81.5 Å². The molecule has 0 aromatic heterocycles. The number of ether oxygens (including phenoxy) is 1. The zero-order valence-electron chi connectivity index (χ0n) is 13.4. The van der Waals surface area contributed by atoms with Crippen LogP contribution in [0.2, 0.25) is 0 Å². The number of nitrogens with zero attached hydrogens (tertiary/aromatic N) is 3. The van der Waals surface area contributed by atoms with E-state index < -0.39 is 5.97 Å². The Balaban J connectivity index is 2.16. The lowest BCUT2D eigenvalue weighted by atomic mass is 10.1. The monoisotopic (exact) mass is 323 g/mol. The molecule has 0 atom stereocenters. The van der Waals surface area contributed by atoms with E-state index in [9.17, 15) is 9.90 Å². The zero-order valence-corrected chi connectivity index (χ0v) is 13.4. The molecule has 0 bridgehead atoms. The van der Waals surface area contributed by atoms with Crippen LogP contribution in [0.25, 0.3) is 0 Å². The van der Waals surface area contributed by atoms with E-state index in [4.69, 9.17) is 4.74 Å². The van der Waals surface area contributed by atoms with Gasteiger partial charge < -0.3 is 14.7 Å². The van der Waals surface area contributed by atoms with Gasteiger partial charge in [-0.25, -0.2) is 14.8 Å². The number of carbonyl (C=O) groups is 1. The first-order valence-corrected chi connectivity index (χ1v) is 7.56. The van der Waals surface area contributed by atoms with Crippen LogP contribution < -0.4 is 10.7 Å². The second-order valence-electron chi connectivity index (χ2n) is 5.23. The molecule has 1 aromatic carbocycles. The quantitative estimate of drug-likeness (QED) is 0.520. The van der Waals surface area contributed by atoms with Crippen molar-refractivity contribution in [3.8, 4) is 0 Å². The summed E-state index contributed by atoms with van der Waals surface area (Å²) in [4.78, 5) is 22.9. The molecule has 3 rings (SSSR count). The Hall–Kier alpha value is -3.15. The van der Waals surface area contributed by atoms with Crippen LogP contribution in [0.1, 0.15) is 6.92 Å². The van der Waals surface area contributed by atoms with Gasteiger partial charge in [-0.05, 0) is 31.2 Å². The van der Waals surface area contributed by atoms with Gasteiger partial charge in [-0.15, -0.1) is 0 Å². The van der Waals surface area contributed by atoms with Gasteiger partial charge in [0.05, 0.1) is 17.3 Å². The van der Waals surface area contributed by atoms with E-state index >= 15 is 0 Å². The molecule has 0 unspecified atom stereocenters. The summed E-state index contributed by atoms with van der Waals surface area (Å²) in [6.07, 6.45) is 6.96. The van der Waals surface area contributed by atoms with Crippen molar-refractivity contribution in [2.45, 2.75) is 6.92 Å². The van der Waals surface area contributed by atoms with Crippen LogP contribution in [-0.2, 0) is 9.53 Å². The molecule has 122 valence electrons. The molecule has 24 heavy (non-hydrogen) atoms. The highest BCUT2D eigenvalue weighted by atomic mass is 16.5. The first kappa shape index (κ1) is 15.7. The Morgan fingerprint density at radius 3 is 2.29 bits per heavy atom. The van der Waals surface area contributed by atoms with Gasteiger partial charge in [0.2, 0.25) is 0 Å². The maximum Gasteiger partial charge on any atom is 0.345 e. The van der Waals surface area contributed by atoms with Crippen molar-refractivity contribution < 1.29 is 14.6 Å². The molecule has 0 aliphatic carbocycles. The second-order valence-corrected chi connectivity index (χ2v) is 5.23. The summed E-state index contributed by atoms with van der Waals surface area (Å²) in [6, 6.07) is 7.28. The van der Waals surface area contributed by atoms with E-state index in [1.165, 1.54) is 0 Å². The lowest BCUT2D eigenvalue weighted by Crippen LogP contribution is -2.19. The lowest BCUT2D eigenvalue weighted by Gasteiger charge is -2.14. The number of esters is 1. The molecule has 6 nitrogen and oxygen atoms in total. The average molecular weight is 323 g/mol. The molecule has 0 spiro atoms. The number of aliphatic hydroxyl groups excluding tert-OH is 1. The molecule has 0 saturated carbocycles. The summed E-state index contributed by atoms with van der Waals surface area (Å²) >= 11 is 0. The normalized spacial score (nSPS) is 14.8. The highest BCUT2D eigenvalue weighted by Gasteiger charge is 2.24. The predicted octanol–water partition coefficient (Wildman–Crippen LogP) is 1.50. The van der Waals surface area contributed by atoms with Gasteiger partial charge in [0.15, 0.2) is 5.82 Å². The zero-order chi connectivity index (χ0) is 17.1. The number of aliphatic hydroxyl groups is 1. The van der Waals surface area contributed by atoms with Crippen molar-refractivity contribution in [3.63, 3.8) is 0 Å². The maximum absolute atomic E-state index is 12.4. The van der Waals surface area contributed by atoms with Crippen LogP contribution in [0.5, 0.6) is 0 Å². The second kappa shape index (κ2) is 6.54. The van der Waals surface area contributed by atoms with Crippen molar-refractivity contribution in [2.24, 2.45) is 9.98 Å². The van der Waals surface area contributed by atoms with E-state index in [1.807, 2.05) is 24.1 Å². The molecule has 0 saturated heterocycles. The van der Waals surface area contributed by atoms with Crippen LogP contribution in [0.3, 0.4) is 0 Å². The van der Waals surface area contributed by atoms with Gasteiger partial charge in [-0.1, -0.05) is 12.1 Å². The van der Waals surface area contributed by atoms with Crippen molar-refractivity contribution >= 4 is 5.97 Å². The minimum Gasteiger partial charge on any atom is -0.506 e. The predicted molar refractivity (Wildman–Crippen MR) is 88.1 cm³/mol. The van der Waals surface area contributed by atoms with Gasteiger partial charge in [0.1, 0.15) is 11.3 Å². The minimum atomic E-state index is -0.654. The fourth-order valence-electron chi connectivity index (χ4n) is 2.32. The summed E-state index contributed by atoms with van der Waals surface area (Å²) in [5.74, 6) is -0.705. The minimum absolute atomic E-state index is 0.0399. The van der Waals surface area contributed by atoms with Gasteiger partial charge in [-0.2, -0.15) is 0 Å². The number of carbonyl (C=O) groups excluding carboxylic acids is 1. The first-order chi connectivity index (χ1) is 11.6. The van der Waals surface area contributed by atoms with Crippen LogP contribution in [0.4, 0.5) is 0 Å². The SMILES string of the molecule is CCOC(=O)C(=C1N=c2ccccc2=N1)C(O)=C1C=CN(C)C=C1. The highest BCUT2D eigenvalue weighted by molar-refractivity contribution is 5.94. The van der Waals surface area contributed by atoms with Crippen molar-refractivity contribution in [3.05, 3.63) is 82.3 Å². The number of para-hydroxylation sites is 2.